The number of hydrogen-bond acceptors (Lipinski definition) is 3. The average molecular weight is 293 g/mol. The summed E-state index contributed by atoms with van der Waals surface area (Å²) in [7, 11) is 0. The number of rotatable bonds is 5. The lowest BCUT2D eigenvalue weighted by Gasteiger charge is -2.28. The second-order valence-electron chi connectivity index (χ2n) is 6.87. The van der Waals surface area contributed by atoms with Gasteiger partial charge in [0.25, 0.3) is 5.56 Å². The van der Waals surface area contributed by atoms with Gasteiger partial charge in [0.1, 0.15) is 5.76 Å². The van der Waals surface area contributed by atoms with Gasteiger partial charge in [-0.3, -0.25) is 4.79 Å². The highest BCUT2D eigenvalue weighted by Gasteiger charge is 2.25. The Morgan fingerprint density at radius 1 is 1.00 bits per heavy atom. The lowest BCUT2D eigenvalue weighted by Crippen LogP contribution is -2.20. The summed E-state index contributed by atoms with van der Waals surface area (Å²) in [6, 6.07) is 1.60. The highest BCUT2D eigenvalue weighted by molar-refractivity contribution is 5.03. The molecular formula is C17H27NO3. The molecule has 21 heavy (non-hydrogen) atoms. The summed E-state index contributed by atoms with van der Waals surface area (Å²) in [5, 5.41) is 2.39. The van der Waals surface area contributed by atoms with Gasteiger partial charge in [-0.05, 0) is 50.4 Å². The van der Waals surface area contributed by atoms with E-state index in [1.54, 1.807) is 6.07 Å². The van der Waals surface area contributed by atoms with Crippen molar-refractivity contribution in [2.75, 3.05) is 13.2 Å². The molecule has 1 aromatic rings. The van der Waals surface area contributed by atoms with Crippen LogP contribution in [0.3, 0.4) is 0 Å². The standard InChI is InChI=1S/C17H27NO3/c19-17-10-16(21-18-17)15-8-6-14(7-9-15)12-20-11-13-4-2-1-3-5-13/h10,13-15H,1-9,11-12H2,(H,18,19). The van der Waals surface area contributed by atoms with Crippen LogP contribution in [0.1, 0.15) is 69.5 Å². The summed E-state index contributed by atoms with van der Waals surface area (Å²) in [6.45, 7) is 1.88. The molecule has 118 valence electrons. The van der Waals surface area contributed by atoms with Crippen LogP contribution in [0.15, 0.2) is 15.4 Å². The van der Waals surface area contributed by atoms with E-state index >= 15 is 0 Å². The van der Waals surface area contributed by atoms with Crippen molar-refractivity contribution < 1.29 is 9.26 Å². The minimum Gasteiger partial charge on any atom is -0.383 e. The Morgan fingerprint density at radius 2 is 1.67 bits per heavy atom. The molecule has 0 amide bonds. The first kappa shape index (κ1) is 14.9. The van der Waals surface area contributed by atoms with Crippen LogP contribution in [0.25, 0.3) is 0 Å². The van der Waals surface area contributed by atoms with Crippen molar-refractivity contribution in [3.63, 3.8) is 0 Å². The van der Waals surface area contributed by atoms with Crippen LogP contribution in [0.4, 0.5) is 0 Å². The molecule has 0 atom stereocenters. The maximum absolute atomic E-state index is 11.1. The molecule has 0 aliphatic heterocycles. The Kier molecular flexibility index (Phi) is 5.17. The molecule has 0 aromatic carbocycles. The Balaban J connectivity index is 1.35. The normalized spacial score (nSPS) is 27.8. The van der Waals surface area contributed by atoms with Crippen LogP contribution in [0.5, 0.6) is 0 Å². The molecule has 3 rings (SSSR count). The van der Waals surface area contributed by atoms with Gasteiger partial charge < -0.3 is 9.26 Å². The molecule has 2 aliphatic carbocycles. The van der Waals surface area contributed by atoms with Gasteiger partial charge in [-0.1, -0.05) is 19.3 Å². The maximum atomic E-state index is 11.1. The summed E-state index contributed by atoms with van der Waals surface area (Å²) in [4.78, 5) is 11.1. The number of aromatic amines is 1. The van der Waals surface area contributed by atoms with Crippen LogP contribution in [-0.4, -0.2) is 18.4 Å². The first-order chi connectivity index (χ1) is 10.3. The largest absolute Gasteiger partial charge is 0.383 e. The van der Waals surface area contributed by atoms with Crippen molar-refractivity contribution in [2.45, 2.75) is 63.7 Å². The Labute approximate surface area is 126 Å². The van der Waals surface area contributed by atoms with Crippen LogP contribution in [0, 0.1) is 11.8 Å². The van der Waals surface area contributed by atoms with Crippen molar-refractivity contribution >= 4 is 0 Å². The van der Waals surface area contributed by atoms with Gasteiger partial charge in [-0.15, -0.1) is 0 Å². The number of nitrogens with one attached hydrogen (secondary N) is 1. The molecule has 0 radical (unpaired) electrons. The molecule has 1 aromatic heterocycles. The van der Waals surface area contributed by atoms with Crippen LogP contribution < -0.4 is 5.56 Å². The molecule has 0 spiro atoms. The van der Waals surface area contributed by atoms with E-state index in [1.165, 1.54) is 44.9 Å². The molecule has 0 unspecified atom stereocenters. The summed E-state index contributed by atoms with van der Waals surface area (Å²) in [5.74, 6) is 2.75. The molecule has 4 nitrogen and oxygen atoms in total. The molecule has 1 N–H and O–H groups in total. The second-order valence-corrected chi connectivity index (χ2v) is 6.87. The SMILES string of the molecule is O=c1cc(C2CCC(COCC3CCCCC3)CC2)o[nH]1. The maximum Gasteiger partial charge on any atom is 0.280 e. The van der Waals surface area contributed by atoms with Crippen molar-refractivity contribution in [1.82, 2.24) is 5.16 Å². The third kappa shape index (κ3) is 4.22. The van der Waals surface area contributed by atoms with Crippen LogP contribution in [-0.2, 0) is 4.74 Å². The fourth-order valence-corrected chi connectivity index (χ4v) is 3.87. The molecular weight excluding hydrogens is 266 g/mol. The zero-order valence-electron chi connectivity index (χ0n) is 12.8. The third-order valence-electron chi connectivity index (χ3n) is 5.22. The lowest BCUT2D eigenvalue weighted by molar-refractivity contribution is 0.0483. The topological polar surface area (TPSA) is 55.2 Å². The van der Waals surface area contributed by atoms with E-state index in [-0.39, 0.29) is 5.56 Å². The predicted octanol–water partition coefficient (Wildman–Crippen LogP) is 3.84. The van der Waals surface area contributed by atoms with Crippen molar-refractivity contribution in [2.24, 2.45) is 11.8 Å². The zero-order valence-corrected chi connectivity index (χ0v) is 12.8. The Morgan fingerprint density at radius 3 is 2.29 bits per heavy atom. The third-order valence-corrected chi connectivity index (χ3v) is 5.22. The van der Waals surface area contributed by atoms with Gasteiger partial charge in [0, 0.05) is 25.2 Å². The van der Waals surface area contributed by atoms with E-state index in [2.05, 4.69) is 5.16 Å². The summed E-state index contributed by atoms with van der Waals surface area (Å²) >= 11 is 0. The molecule has 1 heterocycles. The van der Waals surface area contributed by atoms with Gasteiger partial charge in [-0.25, -0.2) is 0 Å². The van der Waals surface area contributed by atoms with E-state index in [0.717, 1.165) is 37.7 Å². The minimum absolute atomic E-state index is 0.122. The van der Waals surface area contributed by atoms with E-state index in [9.17, 15) is 4.79 Å². The fraction of sp³-hybridized carbons (Fsp3) is 0.824. The van der Waals surface area contributed by atoms with E-state index < -0.39 is 0 Å². The number of aromatic nitrogens is 1. The van der Waals surface area contributed by atoms with Gasteiger partial charge in [0.15, 0.2) is 0 Å². The van der Waals surface area contributed by atoms with Crippen molar-refractivity contribution in [3.8, 4) is 0 Å². The van der Waals surface area contributed by atoms with Crippen LogP contribution in [0.2, 0.25) is 0 Å². The summed E-state index contributed by atoms with van der Waals surface area (Å²) in [5.41, 5.74) is -0.122. The molecule has 2 aliphatic rings. The zero-order chi connectivity index (χ0) is 14.5. The van der Waals surface area contributed by atoms with Gasteiger partial charge >= 0.3 is 0 Å². The number of ether oxygens (including phenoxy) is 1. The number of hydrogen-bond donors (Lipinski definition) is 1. The van der Waals surface area contributed by atoms with Gasteiger partial charge in [-0.2, -0.15) is 5.16 Å². The lowest BCUT2D eigenvalue weighted by atomic mass is 9.81. The summed E-state index contributed by atoms with van der Waals surface area (Å²) in [6.07, 6.45) is 11.5. The molecule has 2 saturated carbocycles. The molecule has 2 fully saturated rings. The monoisotopic (exact) mass is 293 g/mol. The smallest absolute Gasteiger partial charge is 0.280 e. The first-order valence-electron chi connectivity index (χ1n) is 8.57. The van der Waals surface area contributed by atoms with Crippen molar-refractivity contribution in [3.05, 3.63) is 22.2 Å². The van der Waals surface area contributed by atoms with Gasteiger partial charge in [0.2, 0.25) is 0 Å². The predicted molar refractivity (Wildman–Crippen MR) is 81.4 cm³/mol. The Hall–Kier alpha value is -1.03. The quantitative estimate of drug-likeness (QED) is 0.897. The molecule has 0 bridgehead atoms. The second kappa shape index (κ2) is 7.30. The summed E-state index contributed by atoms with van der Waals surface area (Å²) < 4.78 is 11.2. The van der Waals surface area contributed by atoms with E-state index in [0.29, 0.717) is 11.8 Å². The number of H-pyrrole nitrogens is 1. The average Bonchev–Trinajstić information content (AvgIpc) is 2.96. The molecule has 4 heteroatoms. The Bertz CT molecular complexity index is 464. The van der Waals surface area contributed by atoms with E-state index in [4.69, 9.17) is 9.26 Å². The van der Waals surface area contributed by atoms with Crippen molar-refractivity contribution in [1.29, 1.82) is 0 Å². The highest BCUT2D eigenvalue weighted by Crippen LogP contribution is 2.35. The fourth-order valence-electron chi connectivity index (χ4n) is 3.87. The van der Waals surface area contributed by atoms with Crippen LogP contribution >= 0.6 is 0 Å². The van der Waals surface area contributed by atoms with Gasteiger partial charge in [0.05, 0.1) is 0 Å². The molecule has 0 saturated heterocycles. The minimum atomic E-state index is -0.122. The first-order valence-corrected chi connectivity index (χ1v) is 8.57. The highest BCUT2D eigenvalue weighted by atomic mass is 16.5. The van der Waals surface area contributed by atoms with E-state index in [1.807, 2.05) is 0 Å².